The Bertz CT molecular complexity index is 1300. The van der Waals surface area contributed by atoms with Gasteiger partial charge in [-0.2, -0.15) is 30.6 Å². The molecule has 1 aliphatic heterocycles. The van der Waals surface area contributed by atoms with Crippen molar-refractivity contribution >= 4 is 20.9 Å². The third kappa shape index (κ3) is 5.25. The minimum atomic E-state index is -4.75. The van der Waals surface area contributed by atoms with E-state index in [1.807, 2.05) is 24.3 Å². The van der Waals surface area contributed by atoms with Crippen LogP contribution in [0.5, 0.6) is 11.5 Å². The highest BCUT2D eigenvalue weighted by Crippen LogP contribution is 2.36. The molecule has 0 amide bonds. The van der Waals surface area contributed by atoms with E-state index in [4.69, 9.17) is 0 Å². The van der Waals surface area contributed by atoms with Gasteiger partial charge in [0, 0.05) is 29.2 Å². The molecule has 0 bridgehead atoms. The Morgan fingerprint density at radius 3 is 2.32 bits per heavy atom. The lowest BCUT2D eigenvalue weighted by Gasteiger charge is -2.27. The minimum absolute atomic E-state index is 0.0174. The summed E-state index contributed by atoms with van der Waals surface area (Å²) in [4.78, 5) is 2.43. The van der Waals surface area contributed by atoms with E-state index in [9.17, 15) is 34.8 Å². The van der Waals surface area contributed by atoms with Crippen molar-refractivity contribution in [1.29, 1.82) is 0 Å². The number of aromatic amines is 1. The molecular formula is C21H18F6N2O4S. The molecule has 2 heterocycles. The Hall–Kier alpha value is -2.93. The van der Waals surface area contributed by atoms with E-state index in [1.54, 1.807) is 0 Å². The first-order valence-corrected chi connectivity index (χ1v) is 11.4. The second-order valence-electron chi connectivity index (χ2n) is 7.63. The number of ether oxygens (including phenoxy) is 2. The third-order valence-electron chi connectivity index (χ3n) is 5.17. The van der Waals surface area contributed by atoms with E-state index in [0.29, 0.717) is 12.1 Å². The molecule has 1 aromatic heterocycles. The van der Waals surface area contributed by atoms with Gasteiger partial charge in [-0.05, 0) is 30.2 Å². The quantitative estimate of drug-likeness (QED) is 0.486. The lowest BCUT2D eigenvalue weighted by molar-refractivity contribution is -0.154. The summed E-state index contributed by atoms with van der Waals surface area (Å²) in [5.41, 5.74) is 2.36. The van der Waals surface area contributed by atoms with Crippen LogP contribution < -0.4 is 9.47 Å². The molecule has 0 saturated carbocycles. The van der Waals surface area contributed by atoms with E-state index in [0.717, 1.165) is 39.0 Å². The zero-order valence-corrected chi connectivity index (χ0v) is 18.1. The topological polar surface area (TPSA) is 71.6 Å². The summed E-state index contributed by atoms with van der Waals surface area (Å²) in [6.07, 6.45) is -9.11. The van der Waals surface area contributed by atoms with Gasteiger partial charge >= 0.3 is 12.4 Å². The van der Waals surface area contributed by atoms with Gasteiger partial charge in [-0.25, -0.2) is 8.42 Å². The number of nitrogens with zero attached hydrogens (tertiary/aromatic N) is 1. The molecular weight excluding hydrogens is 490 g/mol. The zero-order valence-electron chi connectivity index (χ0n) is 17.3. The summed E-state index contributed by atoms with van der Waals surface area (Å²) >= 11 is 0. The highest BCUT2D eigenvalue weighted by molar-refractivity contribution is 7.89. The van der Waals surface area contributed by atoms with Crippen molar-refractivity contribution in [3.8, 4) is 11.5 Å². The molecule has 1 aliphatic rings. The summed E-state index contributed by atoms with van der Waals surface area (Å²) in [5, 5.41) is 0.936. The van der Waals surface area contributed by atoms with Gasteiger partial charge in [0.1, 0.15) is 16.4 Å². The van der Waals surface area contributed by atoms with Crippen LogP contribution in [-0.2, 0) is 23.0 Å². The molecule has 34 heavy (non-hydrogen) atoms. The number of halogens is 6. The fourth-order valence-electron chi connectivity index (χ4n) is 3.74. The molecule has 1 N–H and O–H groups in total. The molecule has 3 aromatic rings. The Kier molecular flexibility index (Phi) is 6.19. The monoisotopic (exact) mass is 508 g/mol. The van der Waals surface area contributed by atoms with Crippen LogP contribution in [0.2, 0.25) is 0 Å². The number of rotatable bonds is 6. The third-order valence-corrected chi connectivity index (χ3v) is 7.04. The maximum atomic E-state index is 13.4. The smallest absolute Gasteiger partial charge is 0.422 e. The summed E-state index contributed by atoms with van der Waals surface area (Å²) < 4.78 is 113. The predicted octanol–water partition coefficient (Wildman–Crippen LogP) is 4.80. The Labute approximate surface area is 190 Å². The van der Waals surface area contributed by atoms with Gasteiger partial charge < -0.3 is 14.5 Å². The van der Waals surface area contributed by atoms with Crippen LogP contribution in [0.4, 0.5) is 26.3 Å². The zero-order chi connectivity index (χ0) is 24.7. The highest BCUT2D eigenvalue weighted by Gasteiger charge is 2.35. The molecule has 184 valence electrons. The van der Waals surface area contributed by atoms with Crippen LogP contribution in [0.3, 0.4) is 0 Å². The first-order valence-electron chi connectivity index (χ1n) is 9.95. The van der Waals surface area contributed by atoms with E-state index in [2.05, 4.69) is 14.5 Å². The van der Waals surface area contributed by atoms with E-state index in [1.165, 1.54) is 0 Å². The van der Waals surface area contributed by atoms with Gasteiger partial charge in [-0.15, -0.1) is 0 Å². The normalized spacial score (nSPS) is 15.4. The minimum Gasteiger partial charge on any atom is -0.484 e. The Morgan fingerprint density at radius 1 is 0.941 bits per heavy atom. The first kappa shape index (κ1) is 24.2. The Balaban J connectivity index is 1.67. The number of H-pyrrole nitrogens is 1. The average Bonchev–Trinajstić information content (AvgIpc) is 3.13. The van der Waals surface area contributed by atoms with Gasteiger partial charge in [-0.3, -0.25) is 0 Å². The van der Waals surface area contributed by atoms with E-state index >= 15 is 0 Å². The number of alkyl halides is 6. The number of hydrogen-bond donors (Lipinski definition) is 1. The van der Waals surface area contributed by atoms with Crippen molar-refractivity contribution in [1.82, 2.24) is 9.29 Å². The van der Waals surface area contributed by atoms with E-state index in [-0.39, 0.29) is 13.1 Å². The number of sulfonamides is 1. The molecule has 13 heteroatoms. The summed E-state index contributed by atoms with van der Waals surface area (Å²) in [7, 11) is -4.46. The number of nitrogens with one attached hydrogen (secondary N) is 1. The largest absolute Gasteiger partial charge is 0.484 e. The van der Waals surface area contributed by atoms with Crippen LogP contribution in [0.25, 0.3) is 10.9 Å². The fourth-order valence-corrected chi connectivity index (χ4v) is 5.29. The summed E-state index contributed by atoms with van der Waals surface area (Å²) in [5.74, 6) is -1.11. The molecule has 0 saturated heterocycles. The van der Waals surface area contributed by atoms with Crippen molar-refractivity contribution in [2.24, 2.45) is 0 Å². The van der Waals surface area contributed by atoms with Crippen LogP contribution in [0.15, 0.2) is 47.4 Å². The van der Waals surface area contributed by atoms with Gasteiger partial charge in [0.05, 0.1) is 6.54 Å². The van der Waals surface area contributed by atoms with Gasteiger partial charge in [0.15, 0.2) is 13.2 Å². The molecule has 4 rings (SSSR count). The van der Waals surface area contributed by atoms with Gasteiger partial charge in [0.2, 0.25) is 10.0 Å². The molecule has 2 aromatic carbocycles. The SMILES string of the molecule is O=S(=O)(c1cc(OCC(F)(F)F)ccc1OCC(F)(F)F)N1CCc2c([nH]c3ccccc23)C1. The lowest BCUT2D eigenvalue weighted by atomic mass is 10.1. The second-order valence-corrected chi connectivity index (χ2v) is 9.54. The molecule has 6 nitrogen and oxygen atoms in total. The molecule has 0 fully saturated rings. The summed E-state index contributed by atoms with van der Waals surface area (Å²) in [6, 6.07) is 9.89. The lowest BCUT2D eigenvalue weighted by Crippen LogP contribution is -2.36. The maximum Gasteiger partial charge on any atom is 0.422 e. The van der Waals surface area contributed by atoms with Crippen LogP contribution in [-0.4, -0.2) is 49.8 Å². The van der Waals surface area contributed by atoms with E-state index < -0.39 is 52.0 Å². The molecule has 0 radical (unpaired) electrons. The average molecular weight is 508 g/mol. The van der Waals surface area contributed by atoms with Crippen molar-refractivity contribution in [2.75, 3.05) is 19.8 Å². The summed E-state index contributed by atoms with van der Waals surface area (Å²) in [6.45, 7) is -3.55. The van der Waals surface area contributed by atoms with Gasteiger partial charge in [-0.1, -0.05) is 18.2 Å². The van der Waals surface area contributed by atoms with Crippen LogP contribution in [0, 0.1) is 0 Å². The molecule has 0 aliphatic carbocycles. The number of para-hydroxylation sites is 1. The molecule has 0 spiro atoms. The van der Waals surface area contributed by atoms with Crippen molar-refractivity contribution in [3.05, 3.63) is 53.7 Å². The fraction of sp³-hybridized carbons (Fsp3) is 0.333. The van der Waals surface area contributed by atoms with Crippen molar-refractivity contribution < 1.29 is 44.2 Å². The van der Waals surface area contributed by atoms with Crippen LogP contribution in [0.1, 0.15) is 11.3 Å². The van der Waals surface area contributed by atoms with Crippen molar-refractivity contribution in [3.63, 3.8) is 0 Å². The standard InChI is InChI=1S/C21H18F6N2O4S/c22-20(23,24)11-32-13-5-6-18(33-12-21(25,26)27)19(9-13)34(30,31)29-8-7-15-14-3-1-2-4-16(14)28-17(15)10-29/h1-6,9,28H,7-8,10-12H2. The van der Waals surface area contributed by atoms with Gasteiger partial charge in [0.25, 0.3) is 0 Å². The first-order chi connectivity index (χ1) is 15.8. The van der Waals surface area contributed by atoms with Crippen LogP contribution >= 0.6 is 0 Å². The number of hydrogen-bond acceptors (Lipinski definition) is 4. The maximum absolute atomic E-state index is 13.4. The second kappa shape index (κ2) is 8.69. The molecule has 0 unspecified atom stereocenters. The molecule has 0 atom stereocenters. The van der Waals surface area contributed by atoms with Crippen molar-refractivity contribution in [2.45, 2.75) is 30.2 Å². The number of aromatic nitrogens is 1. The predicted molar refractivity (Wildman–Crippen MR) is 109 cm³/mol. The highest BCUT2D eigenvalue weighted by atomic mass is 32.2. The number of benzene rings is 2. The number of fused-ring (bicyclic) bond motifs is 3. The Morgan fingerprint density at radius 2 is 1.62 bits per heavy atom.